The second-order valence-electron chi connectivity index (χ2n) is 0.204. The van der Waals surface area contributed by atoms with E-state index in [1.807, 2.05) is 0 Å². The van der Waals surface area contributed by atoms with Gasteiger partial charge in [-0.25, -0.2) is 0 Å². The van der Waals surface area contributed by atoms with Crippen molar-refractivity contribution in [1.82, 2.24) is 0 Å². The maximum atomic E-state index is 8.44. The molecule has 8 heavy (non-hydrogen) atoms. The Hall–Kier alpha value is 1.81. The molecule has 0 atom stereocenters. The molecule has 0 saturated heterocycles. The van der Waals surface area contributed by atoms with Gasteiger partial charge in [-0.3, -0.25) is 4.21 Å². The van der Waals surface area contributed by atoms with Gasteiger partial charge in [-0.2, -0.15) is 0 Å². The molecule has 38 valence electrons. The van der Waals surface area contributed by atoms with E-state index in [4.69, 9.17) is 13.3 Å². The maximum Gasteiger partial charge on any atom is 1.00 e. The zero-order valence-corrected chi connectivity index (χ0v) is 9.86. The first-order valence-electron chi connectivity index (χ1n) is 1.00. The van der Waals surface area contributed by atoms with Crippen molar-refractivity contribution in [2.24, 2.45) is 0 Å². The van der Waals surface area contributed by atoms with Crippen LogP contribution < -0.4 is 59.1 Å². The van der Waals surface area contributed by atoms with Crippen LogP contribution in [0, 0.1) is 0 Å². The van der Waals surface area contributed by atoms with Crippen molar-refractivity contribution < 1.29 is 72.4 Å². The monoisotopic (exact) mass is 154 g/mol. The van der Waals surface area contributed by atoms with Crippen molar-refractivity contribution in [3.63, 3.8) is 0 Å². The van der Waals surface area contributed by atoms with E-state index < -0.39 is 11.4 Å². The Bertz CT molecular complexity index is 46.5. The maximum absolute atomic E-state index is 8.44. The van der Waals surface area contributed by atoms with Gasteiger partial charge in [-0.15, -0.1) is 24.5 Å². The topological polar surface area (TPSA) is 63.2 Å². The molecule has 0 aliphatic rings. The van der Waals surface area contributed by atoms with Gasteiger partial charge in [0.25, 0.3) is 0 Å². The molecular weight excluding hydrogens is 150 g/mol. The van der Waals surface area contributed by atoms with Crippen molar-refractivity contribution in [2.45, 2.75) is 0 Å². The third kappa shape index (κ3) is 111. The Morgan fingerprint density at radius 3 is 1.12 bits per heavy atom. The first kappa shape index (κ1) is 22.6. The van der Waals surface area contributed by atoms with Gasteiger partial charge in [0, 0.05) is 0 Å². The average Bonchev–Trinajstić information content (AvgIpc) is 1.41. The van der Waals surface area contributed by atoms with E-state index in [1.165, 1.54) is 0 Å². The summed E-state index contributed by atoms with van der Waals surface area (Å²) in [4.78, 5) is 0. The number of hydrogen-bond donors (Lipinski definition) is 0. The Balaban J connectivity index is -0.0000000183. The molecule has 0 aromatic heterocycles. The quantitative estimate of drug-likeness (QED) is 0.198. The van der Waals surface area contributed by atoms with Gasteiger partial charge in [0.1, 0.15) is 0 Å². The standard InChI is InChI=1S/C2H4.2Na.H2O3S/c1-2;;;1-4(2)3/h1-2H2;;;(H2,1,2,3)/q;2*+1;/p-2. The minimum absolute atomic E-state index is 0. The van der Waals surface area contributed by atoms with E-state index in [1.54, 1.807) is 0 Å². The molecule has 0 radical (unpaired) electrons. The number of rotatable bonds is 0. The van der Waals surface area contributed by atoms with Crippen LogP contribution in [0.4, 0.5) is 0 Å². The van der Waals surface area contributed by atoms with Gasteiger partial charge in [-0.1, -0.05) is 0 Å². The summed E-state index contributed by atoms with van der Waals surface area (Å²) in [6.07, 6.45) is 0. The summed E-state index contributed by atoms with van der Waals surface area (Å²) < 4.78 is 25.3. The summed E-state index contributed by atoms with van der Waals surface area (Å²) in [6.45, 7) is 6.00. The third-order valence-corrected chi connectivity index (χ3v) is 0. The molecule has 0 aliphatic heterocycles. The normalized spacial score (nSPS) is 4.88. The Kier molecular flexibility index (Phi) is 65.5. The average molecular weight is 154 g/mol. The predicted octanol–water partition coefficient (Wildman–Crippen LogP) is -6.19. The molecule has 0 rings (SSSR count). The number of hydrogen-bond acceptors (Lipinski definition) is 3. The summed E-state index contributed by atoms with van der Waals surface area (Å²) in [7, 11) is 0. The van der Waals surface area contributed by atoms with E-state index >= 15 is 0 Å². The van der Waals surface area contributed by atoms with Crippen molar-refractivity contribution in [3.05, 3.63) is 13.2 Å². The van der Waals surface area contributed by atoms with E-state index in [0.717, 1.165) is 0 Å². The fraction of sp³-hybridized carbons (Fsp3) is 0. The molecule has 0 heterocycles. The second kappa shape index (κ2) is 23.2. The van der Waals surface area contributed by atoms with Crippen LogP contribution >= 0.6 is 0 Å². The molecule has 0 bridgehead atoms. The summed E-state index contributed by atoms with van der Waals surface area (Å²) in [5.74, 6) is 0. The SMILES string of the molecule is C=C.O=S([O-])[O-].[Na+].[Na+]. The first-order valence-corrected chi connectivity index (χ1v) is 2.00. The summed E-state index contributed by atoms with van der Waals surface area (Å²) in [5, 5.41) is 0. The summed E-state index contributed by atoms with van der Waals surface area (Å²) in [5.41, 5.74) is 0. The minimum atomic E-state index is -3.11. The van der Waals surface area contributed by atoms with Crippen LogP contribution in [0.2, 0.25) is 0 Å². The first-order chi connectivity index (χ1) is 2.73. The summed E-state index contributed by atoms with van der Waals surface area (Å²) in [6, 6.07) is 0. The predicted molar refractivity (Wildman–Crippen MR) is 21.0 cm³/mol. The molecule has 3 nitrogen and oxygen atoms in total. The van der Waals surface area contributed by atoms with Crippen LogP contribution in [0.1, 0.15) is 0 Å². The fourth-order valence-corrected chi connectivity index (χ4v) is 0. The molecule has 0 fully saturated rings. The van der Waals surface area contributed by atoms with Crippen molar-refractivity contribution in [3.8, 4) is 0 Å². The van der Waals surface area contributed by atoms with Crippen LogP contribution in [0.3, 0.4) is 0 Å². The molecule has 0 saturated carbocycles. The van der Waals surface area contributed by atoms with Gasteiger partial charge in [0.05, 0.1) is 0 Å². The zero-order valence-electron chi connectivity index (χ0n) is 5.05. The molecule has 0 aromatic rings. The van der Waals surface area contributed by atoms with Crippen LogP contribution in [0.5, 0.6) is 0 Å². The van der Waals surface area contributed by atoms with E-state index in [9.17, 15) is 0 Å². The Morgan fingerprint density at radius 1 is 1.12 bits per heavy atom. The Labute approximate surface area is 95.6 Å². The summed E-state index contributed by atoms with van der Waals surface area (Å²) >= 11 is -3.11. The molecular formula is C2H4Na2O3S. The fourth-order valence-electron chi connectivity index (χ4n) is 0. The molecule has 0 aromatic carbocycles. The zero-order chi connectivity index (χ0) is 5.58. The Morgan fingerprint density at radius 2 is 1.12 bits per heavy atom. The van der Waals surface area contributed by atoms with E-state index in [-0.39, 0.29) is 59.1 Å². The van der Waals surface area contributed by atoms with Crippen LogP contribution in [0.15, 0.2) is 13.2 Å². The van der Waals surface area contributed by atoms with E-state index in [2.05, 4.69) is 13.2 Å². The van der Waals surface area contributed by atoms with Crippen molar-refractivity contribution in [1.29, 1.82) is 0 Å². The van der Waals surface area contributed by atoms with E-state index in [0.29, 0.717) is 0 Å². The van der Waals surface area contributed by atoms with Gasteiger partial charge in [0.2, 0.25) is 0 Å². The van der Waals surface area contributed by atoms with Crippen molar-refractivity contribution >= 4 is 11.4 Å². The van der Waals surface area contributed by atoms with Crippen LogP contribution in [-0.2, 0) is 11.4 Å². The third-order valence-electron chi connectivity index (χ3n) is 0. The van der Waals surface area contributed by atoms with Gasteiger partial charge >= 0.3 is 59.1 Å². The van der Waals surface area contributed by atoms with Gasteiger partial charge in [-0.05, 0) is 0 Å². The second-order valence-corrected chi connectivity index (χ2v) is 0.612. The molecule has 0 spiro atoms. The van der Waals surface area contributed by atoms with Crippen molar-refractivity contribution in [2.75, 3.05) is 0 Å². The minimum Gasteiger partial charge on any atom is -0.784 e. The molecule has 0 aliphatic carbocycles. The van der Waals surface area contributed by atoms with Gasteiger partial charge < -0.3 is 9.11 Å². The molecule has 0 N–H and O–H groups in total. The largest absolute Gasteiger partial charge is 1.00 e. The van der Waals surface area contributed by atoms with Gasteiger partial charge in [0.15, 0.2) is 0 Å². The molecule has 6 heteroatoms. The molecule has 0 amide bonds. The van der Waals surface area contributed by atoms with Crippen LogP contribution in [-0.4, -0.2) is 13.3 Å². The van der Waals surface area contributed by atoms with Crippen LogP contribution in [0.25, 0.3) is 0 Å². The smallest absolute Gasteiger partial charge is 0.784 e. The molecule has 0 unspecified atom stereocenters.